The molecule has 1 unspecified atom stereocenters. The first-order valence-electron chi connectivity index (χ1n) is 7.47. The van der Waals surface area contributed by atoms with Crippen LogP contribution < -0.4 is 5.73 Å². The molecule has 1 atom stereocenters. The molecule has 3 N–H and O–H groups in total. The standard InChI is InChI=1S/C16H26N4/c1-19-11-12-20(10-6-5-9-16(17)18)15(13-19)14-7-3-2-4-8-14/h2-4,7-8,15H,5-6,9-13H2,1H3,(H3,17,18). The van der Waals surface area contributed by atoms with Crippen molar-refractivity contribution in [3.8, 4) is 0 Å². The molecule has 1 aliphatic rings. The summed E-state index contributed by atoms with van der Waals surface area (Å²) in [6.07, 6.45) is 2.86. The molecule has 20 heavy (non-hydrogen) atoms. The number of unbranched alkanes of at least 4 members (excludes halogenated alkanes) is 1. The number of likely N-dealkylation sites (N-methyl/N-ethyl adjacent to an activating group) is 1. The molecule has 110 valence electrons. The van der Waals surface area contributed by atoms with Gasteiger partial charge in [0.05, 0.1) is 5.84 Å². The zero-order valence-corrected chi connectivity index (χ0v) is 12.4. The summed E-state index contributed by atoms with van der Waals surface area (Å²) in [7, 11) is 2.20. The topological polar surface area (TPSA) is 56.4 Å². The van der Waals surface area contributed by atoms with Crippen molar-refractivity contribution in [3.05, 3.63) is 35.9 Å². The lowest BCUT2D eigenvalue weighted by atomic mass is 10.0. The van der Waals surface area contributed by atoms with Gasteiger partial charge in [-0.25, -0.2) is 0 Å². The maximum Gasteiger partial charge on any atom is 0.0905 e. The molecule has 0 amide bonds. The van der Waals surface area contributed by atoms with Gasteiger partial charge >= 0.3 is 0 Å². The third kappa shape index (κ3) is 4.32. The van der Waals surface area contributed by atoms with Gasteiger partial charge in [-0.3, -0.25) is 10.3 Å². The summed E-state index contributed by atoms with van der Waals surface area (Å²) in [5.74, 6) is 0.308. The predicted molar refractivity (Wildman–Crippen MR) is 84.0 cm³/mol. The van der Waals surface area contributed by atoms with Crippen molar-refractivity contribution in [2.75, 3.05) is 33.2 Å². The second-order valence-corrected chi connectivity index (χ2v) is 5.71. The Bertz CT molecular complexity index is 418. The Kier molecular flexibility index (Phi) is 5.56. The van der Waals surface area contributed by atoms with Gasteiger partial charge in [-0.15, -0.1) is 0 Å². The Morgan fingerprint density at radius 3 is 2.70 bits per heavy atom. The van der Waals surface area contributed by atoms with Crippen LogP contribution in [-0.2, 0) is 0 Å². The van der Waals surface area contributed by atoms with Crippen molar-refractivity contribution in [2.24, 2.45) is 5.73 Å². The van der Waals surface area contributed by atoms with Crippen LogP contribution in [0.25, 0.3) is 0 Å². The SMILES string of the molecule is CN1CCN(CCCCC(=N)N)C(c2ccccc2)C1. The van der Waals surface area contributed by atoms with Crippen LogP contribution in [0.2, 0.25) is 0 Å². The lowest BCUT2D eigenvalue weighted by Gasteiger charge is -2.40. The Hall–Kier alpha value is -1.39. The second kappa shape index (κ2) is 7.41. The monoisotopic (exact) mass is 274 g/mol. The fourth-order valence-electron chi connectivity index (χ4n) is 2.85. The summed E-state index contributed by atoms with van der Waals surface area (Å²) in [4.78, 5) is 4.99. The molecule has 1 heterocycles. The molecule has 0 aromatic heterocycles. The van der Waals surface area contributed by atoms with Gasteiger partial charge in [0.25, 0.3) is 0 Å². The number of nitrogens with one attached hydrogen (secondary N) is 1. The van der Waals surface area contributed by atoms with E-state index in [-0.39, 0.29) is 0 Å². The molecule has 4 heteroatoms. The van der Waals surface area contributed by atoms with Crippen LogP contribution in [0, 0.1) is 5.41 Å². The summed E-state index contributed by atoms with van der Waals surface area (Å²) in [5, 5.41) is 7.28. The first-order chi connectivity index (χ1) is 9.66. The molecule has 2 rings (SSSR count). The zero-order valence-electron chi connectivity index (χ0n) is 12.4. The van der Waals surface area contributed by atoms with E-state index in [1.165, 1.54) is 5.56 Å². The lowest BCUT2D eigenvalue weighted by molar-refractivity contribution is 0.0884. The number of nitrogens with zero attached hydrogens (tertiary/aromatic N) is 2. The summed E-state index contributed by atoms with van der Waals surface area (Å²) in [5.41, 5.74) is 6.82. The third-order valence-corrected chi connectivity index (χ3v) is 4.02. The maximum absolute atomic E-state index is 7.28. The van der Waals surface area contributed by atoms with Crippen LogP contribution in [0.1, 0.15) is 30.9 Å². The summed E-state index contributed by atoms with van der Waals surface area (Å²) >= 11 is 0. The van der Waals surface area contributed by atoms with E-state index in [0.717, 1.165) is 45.4 Å². The second-order valence-electron chi connectivity index (χ2n) is 5.71. The number of amidine groups is 1. The molecular weight excluding hydrogens is 248 g/mol. The highest BCUT2D eigenvalue weighted by Gasteiger charge is 2.25. The van der Waals surface area contributed by atoms with Crippen LogP contribution in [-0.4, -0.2) is 48.9 Å². The van der Waals surface area contributed by atoms with Crippen molar-refractivity contribution in [3.63, 3.8) is 0 Å². The van der Waals surface area contributed by atoms with Gasteiger partial charge in [0.15, 0.2) is 0 Å². The van der Waals surface area contributed by atoms with Gasteiger partial charge in [-0.05, 0) is 32.0 Å². The first kappa shape index (κ1) is 15.0. The molecule has 0 saturated carbocycles. The fourth-order valence-corrected chi connectivity index (χ4v) is 2.85. The summed E-state index contributed by atoms with van der Waals surface area (Å²) in [6, 6.07) is 11.3. The van der Waals surface area contributed by atoms with Crippen molar-refractivity contribution >= 4 is 5.84 Å². The van der Waals surface area contributed by atoms with Crippen molar-refractivity contribution < 1.29 is 0 Å². The minimum atomic E-state index is 0.308. The average molecular weight is 274 g/mol. The molecule has 1 aliphatic heterocycles. The van der Waals surface area contributed by atoms with E-state index in [0.29, 0.717) is 11.9 Å². The van der Waals surface area contributed by atoms with E-state index in [2.05, 4.69) is 47.2 Å². The molecule has 1 aromatic rings. The Labute approximate surface area is 122 Å². The Morgan fingerprint density at radius 1 is 1.25 bits per heavy atom. The van der Waals surface area contributed by atoms with Gasteiger partial charge in [-0.1, -0.05) is 30.3 Å². The van der Waals surface area contributed by atoms with E-state index in [9.17, 15) is 0 Å². The van der Waals surface area contributed by atoms with Crippen LogP contribution in [0.15, 0.2) is 30.3 Å². The third-order valence-electron chi connectivity index (χ3n) is 4.02. The molecule has 4 nitrogen and oxygen atoms in total. The van der Waals surface area contributed by atoms with Crippen molar-refractivity contribution in [1.82, 2.24) is 9.80 Å². The molecule has 1 fully saturated rings. The van der Waals surface area contributed by atoms with E-state index >= 15 is 0 Å². The number of hydrogen-bond donors (Lipinski definition) is 2. The average Bonchev–Trinajstić information content (AvgIpc) is 2.45. The highest BCUT2D eigenvalue weighted by molar-refractivity contribution is 5.76. The van der Waals surface area contributed by atoms with Crippen LogP contribution in [0.5, 0.6) is 0 Å². The van der Waals surface area contributed by atoms with E-state index in [4.69, 9.17) is 11.1 Å². The highest BCUT2D eigenvalue weighted by atomic mass is 15.3. The number of benzene rings is 1. The minimum Gasteiger partial charge on any atom is -0.388 e. The predicted octanol–water partition coefficient (Wildman–Crippen LogP) is 2.08. The molecule has 0 bridgehead atoms. The molecule has 1 saturated heterocycles. The van der Waals surface area contributed by atoms with E-state index < -0.39 is 0 Å². The lowest BCUT2D eigenvalue weighted by Crippen LogP contribution is -2.47. The largest absolute Gasteiger partial charge is 0.388 e. The van der Waals surface area contributed by atoms with Gasteiger partial charge in [0.2, 0.25) is 0 Å². The zero-order chi connectivity index (χ0) is 14.4. The highest BCUT2D eigenvalue weighted by Crippen LogP contribution is 2.25. The number of nitrogens with two attached hydrogens (primary N) is 1. The van der Waals surface area contributed by atoms with Gasteiger partial charge < -0.3 is 10.6 Å². The van der Waals surface area contributed by atoms with Gasteiger partial charge in [0, 0.05) is 32.1 Å². The fraction of sp³-hybridized carbons (Fsp3) is 0.562. The smallest absolute Gasteiger partial charge is 0.0905 e. The summed E-state index contributed by atoms with van der Waals surface area (Å²) in [6.45, 7) is 4.45. The molecular formula is C16H26N4. The number of piperazine rings is 1. The first-order valence-corrected chi connectivity index (χ1v) is 7.47. The van der Waals surface area contributed by atoms with Crippen LogP contribution in [0.3, 0.4) is 0 Å². The van der Waals surface area contributed by atoms with Crippen molar-refractivity contribution in [1.29, 1.82) is 5.41 Å². The van der Waals surface area contributed by atoms with Gasteiger partial charge in [-0.2, -0.15) is 0 Å². The van der Waals surface area contributed by atoms with Crippen LogP contribution >= 0.6 is 0 Å². The molecule has 0 aliphatic carbocycles. The Balaban J connectivity index is 1.93. The molecule has 1 aromatic carbocycles. The van der Waals surface area contributed by atoms with Crippen molar-refractivity contribution in [2.45, 2.75) is 25.3 Å². The van der Waals surface area contributed by atoms with E-state index in [1.807, 2.05) is 0 Å². The number of hydrogen-bond acceptors (Lipinski definition) is 3. The maximum atomic E-state index is 7.28. The number of rotatable bonds is 6. The summed E-state index contributed by atoms with van der Waals surface area (Å²) < 4.78 is 0. The molecule has 0 spiro atoms. The Morgan fingerprint density at radius 2 is 2.00 bits per heavy atom. The van der Waals surface area contributed by atoms with Gasteiger partial charge in [0.1, 0.15) is 0 Å². The molecule has 0 radical (unpaired) electrons. The quantitative estimate of drug-likeness (QED) is 0.474. The normalized spacial score (nSPS) is 20.9. The minimum absolute atomic E-state index is 0.308. The van der Waals surface area contributed by atoms with Crippen LogP contribution in [0.4, 0.5) is 0 Å². The van der Waals surface area contributed by atoms with E-state index in [1.54, 1.807) is 0 Å².